The summed E-state index contributed by atoms with van der Waals surface area (Å²) in [5, 5.41) is 7.08. The fourth-order valence-corrected chi connectivity index (χ4v) is 4.44. The van der Waals surface area contributed by atoms with Gasteiger partial charge in [0.15, 0.2) is 17.6 Å². The smallest absolute Gasteiger partial charge is 0.191 e. The number of nitrogens with zero attached hydrogens (tertiary/aromatic N) is 3. The van der Waals surface area contributed by atoms with Crippen LogP contribution in [-0.4, -0.2) is 67.6 Å². The number of guanidine groups is 1. The summed E-state index contributed by atoms with van der Waals surface area (Å²) in [6, 6.07) is 5.15. The van der Waals surface area contributed by atoms with Crippen LogP contribution in [0.15, 0.2) is 23.2 Å². The lowest BCUT2D eigenvalue weighted by Crippen LogP contribution is -2.52. The molecule has 1 atom stereocenters. The van der Waals surface area contributed by atoms with Gasteiger partial charge >= 0.3 is 0 Å². The molecule has 0 aliphatic carbocycles. The van der Waals surface area contributed by atoms with Gasteiger partial charge in [0, 0.05) is 45.3 Å². The van der Waals surface area contributed by atoms with E-state index < -0.39 is 11.6 Å². The molecule has 2 aliphatic heterocycles. The van der Waals surface area contributed by atoms with Crippen LogP contribution < -0.4 is 10.6 Å². The Labute approximate surface area is 173 Å². The van der Waals surface area contributed by atoms with Crippen LogP contribution >= 0.6 is 0 Å². The highest BCUT2D eigenvalue weighted by Gasteiger charge is 2.23. The van der Waals surface area contributed by atoms with E-state index in [2.05, 4.69) is 32.3 Å². The highest BCUT2D eigenvalue weighted by molar-refractivity contribution is 5.80. The minimum atomic E-state index is -0.786. The summed E-state index contributed by atoms with van der Waals surface area (Å²) in [6.07, 6.45) is 5.88. The molecule has 3 rings (SSSR count). The van der Waals surface area contributed by atoms with Gasteiger partial charge in [0.2, 0.25) is 0 Å². The standard InChI is InChI=1S/C22H35F2N5/c1-3-29-11-5-4-6-19(29)15-26-22(25-2)27-18-9-12-28(13-10-18)16-17-7-8-20(23)21(24)14-17/h7-8,14,18-19H,3-6,9-13,15-16H2,1-2H3,(H2,25,26,27). The quantitative estimate of drug-likeness (QED) is 0.562. The summed E-state index contributed by atoms with van der Waals surface area (Å²) in [7, 11) is 1.83. The van der Waals surface area contributed by atoms with Crippen LogP contribution in [0.3, 0.4) is 0 Å². The van der Waals surface area contributed by atoms with Gasteiger partial charge in [-0.15, -0.1) is 0 Å². The lowest BCUT2D eigenvalue weighted by atomic mass is 10.0. The Morgan fingerprint density at radius 1 is 1.10 bits per heavy atom. The molecule has 0 saturated carbocycles. The van der Waals surface area contributed by atoms with Crippen molar-refractivity contribution in [3.63, 3.8) is 0 Å². The summed E-state index contributed by atoms with van der Waals surface area (Å²) in [5.41, 5.74) is 0.820. The van der Waals surface area contributed by atoms with Gasteiger partial charge < -0.3 is 10.6 Å². The second-order valence-electron chi connectivity index (χ2n) is 8.17. The minimum Gasteiger partial charge on any atom is -0.355 e. The summed E-state index contributed by atoms with van der Waals surface area (Å²) < 4.78 is 26.5. The largest absolute Gasteiger partial charge is 0.355 e. The van der Waals surface area contributed by atoms with E-state index in [0.717, 1.165) is 50.5 Å². The summed E-state index contributed by atoms with van der Waals surface area (Å²) in [4.78, 5) is 9.26. The van der Waals surface area contributed by atoms with Crippen molar-refractivity contribution in [1.82, 2.24) is 20.4 Å². The fourth-order valence-electron chi connectivity index (χ4n) is 4.44. The molecule has 0 radical (unpaired) electrons. The van der Waals surface area contributed by atoms with Crippen molar-refractivity contribution in [1.29, 1.82) is 0 Å². The van der Waals surface area contributed by atoms with Crippen LogP contribution in [0.25, 0.3) is 0 Å². The lowest BCUT2D eigenvalue weighted by Gasteiger charge is -2.36. The Hall–Kier alpha value is -1.73. The number of likely N-dealkylation sites (N-methyl/N-ethyl adjacent to an activating group) is 1. The number of hydrogen-bond acceptors (Lipinski definition) is 3. The third kappa shape index (κ3) is 6.37. The maximum Gasteiger partial charge on any atom is 0.191 e. The maximum absolute atomic E-state index is 13.4. The van der Waals surface area contributed by atoms with Crippen molar-refractivity contribution in [2.24, 2.45) is 4.99 Å². The number of nitrogens with one attached hydrogen (secondary N) is 2. The summed E-state index contributed by atoms with van der Waals surface area (Å²) in [6.45, 7) is 7.99. The number of hydrogen-bond donors (Lipinski definition) is 2. The Morgan fingerprint density at radius 3 is 2.59 bits per heavy atom. The van der Waals surface area contributed by atoms with Crippen molar-refractivity contribution in [2.45, 2.75) is 57.7 Å². The molecular formula is C22H35F2N5. The van der Waals surface area contributed by atoms with E-state index in [4.69, 9.17) is 0 Å². The monoisotopic (exact) mass is 407 g/mol. The molecule has 1 aromatic carbocycles. The van der Waals surface area contributed by atoms with E-state index in [1.54, 1.807) is 6.07 Å². The number of piperidine rings is 2. The van der Waals surface area contributed by atoms with Crippen molar-refractivity contribution >= 4 is 5.96 Å². The van der Waals surface area contributed by atoms with Crippen LogP contribution in [-0.2, 0) is 6.54 Å². The zero-order chi connectivity index (χ0) is 20.6. The maximum atomic E-state index is 13.4. The molecule has 0 amide bonds. The van der Waals surface area contributed by atoms with Crippen LogP contribution in [0.4, 0.5) is 8.78 Å². The molecule has 2 N–H and O–H groups in total. The molecule has 2 saturated heterocycles. The van der Waals surface area contributed by atoms with Gasteiger partial charge in [0.1, 0.15) is 0 Å². The number of likely N-dealkylation sites (tertiary alicyclic amines) is 2. The molecule has 1 aromatic rings. The predicted octanol–water partition coefficient (Wildman–Crippen LogP) is 2.97. The van der Waals surface area contributed by atoms with Gasteiger partial charge in [-0.2, -0.15) is 0 Å². The number of halogens is 2. The van der Waals surface area contributed by atoms with Crippen LogP contribution in [0.1, 0.15) is 44.6 Å². The second kappa shape index (κ2) is 10.9. The van der Waals surface area contributed by atoms with Gasteiger partial charge in [-0.05, 0) is 56.5 Å². The van der Waals surface area contributed by atoms with E-state index in [0.29, 0.717) is 18.6 Å². The number of aliphatic imine (C=N–C) groups is 1. The normalized spacial score (nSPS) is 22.6. The third-order valence-corrected chi connectivity index (χ3v) is 6.20. The molecule has 5 nitrogen and oxygen atoms in total. The topological polar surface area (TPSA) is 42.9 Å². The van der Waals surface area contributed by atoms with Crippen molar-refractivity contribution in [2.75, 3.05) is 39.8 Å². The molecule has 0 spiro atoms. The SMILES string of the molecule is CCN1CCCCC1CNC(=NC)NC1CCN(Cc2ccc(F)c(F)c2)CC1. The lowest BCUT2D eigenvalue weighted by molar-refractivity contribution is 0.157. The Bertz CT molecular complexity index is 673. The first-order valence-electron chi connectivity index (χ1n) is 11.0. The van der Waals surface area contributed by atoms with E-state index in [9.17, 15) is 8.78 Å². The molecule has 162 valence electrons. The summed E-state index contributed by atoms with van der Waals surface area (Å²) >= 11 is 0. The van der Waals surface area contributed by atoms with Gasteiger partial charge in [0.05, 0.1) is 0 Å². The zero-order valence-electron chi connectivity index (χ0n) is 17.8. The van der Waals surface area contributed by atoms with E-state index in [1.807, 2.05) is 7.05 Å². The second-order valence-corrected chi connectivity index (χ2v) is 8.17. The van der Waals surface area contributed by atoms with Crippen molar-refractivity contribution < 1.29 is 8.78 Å². The molecule has 1 unspecified atom stereocenters. The first-order valence-corrected chi connectivity index (χ1v) is 11.0. The highest BCUT2D eigenvalue weighted by atomic mass is 19.2. The Morgan fingerprint density at radius 2 is 1.90 bits per heavy atom. The Balaban J connectivity index is 1.41. The van der Waals surface area contributed by atoms with Gasteiger partial charge in [-0.1, -0.05) is 19.4 Å². The van der Waals surface area contributed by atoms with Gasteiger partial charge in [-0.25, -0.2) is 8.78 Å². The fraction of sp³-hybridized carbons (Fsp3) is 0.682. The molecule has 2 aliphatic rings. The molecule has 2 heterocycles. The highest BCUT2D eigenvalue weighted by Crippen LogP contribution is 2.17. The number of benzene rings is 1. The average Bonchev–Trinajstić information content (AvgIpc) is 2.75. The molecule has 29 heavy (non-hydrogen) atoms. The average molecular weight is 408 g/mol. The molecule has 0 aromatic heterocycles. The molecular weight excluding hydrogens is 372 g/mol. The predicted molar refractivity (Wildman–Crippen MR) is 114 cm³/mol. The first kappa shape index (κ1) is 22.0. The molecule has 0 bridgehead atoms. The summed E-state index contributed by atoms with van der Waals surface area (Å²) in [5.74, 6) is -0.676. The van der Waals surface area contributed by atoms with Gasteiger partial charge in [-0.3, -0.25) is 14.8 Å². The third-order valence-electron chi connectivity index (χ3n) is 6.20. The van der Waals surface area contributed by atoms with Crippen LogP contribution in [0.2, 0.25) is 0 Å². The number of rotatable bonds is 6. The molecule has 7 heteroatoms. The first-order chi connectivity index (χ1) is 14.1. The Kier molecular flexibility index (Phi) is 8.24. The minimum absolute atomic E-state index is 0.385. The van der Waals surface area contributed by atoms with E-state index in [-0.39, 0.29) is 0 Å². The van der Waals surface area contributed by atoms with Crippen LogP contribution in [0.5, 0.6) is 0 Å². The zero-order valence-corrected chi connectivity index (χ0v) is 17.8. The molecule has 2 fully saturated rings. The van der Waals surface area contributed by atoms with Gasteiger partial charge in [0.25, 0.3) is 0 Å². The van der Waals surface area contributed by atoms with E-state index >= 15 is 0 Å². The van der Waals surface area contributed by atoms with Crippen molar-refractivity contribution in [3.8, 4) is 0 Å². The van der Waals surface area contributed by atoms with Crippen molar-refractivity contribution in [3.05, 3.63) is 35.4 Å². The van der Waals surface area contributed by atoms with E-state index in [1.165, 1.54) is 37.9 Å². The van der Waals surface area contributed by atoms with Crippen LogP contribution in [0, 0.1) is 11.6 Å².